The molecule has 7 heteroatoms. The van der Waals surface area contributed by atoms with E-state index < -0.39 is 18.6 Å². The first-order valence-electron chi connectivity index (χ1n) is 6.98. The Balaban J connectivity index is 2.44. The molecule has 0 aromatic heterocycles. The molecule has 1 atom stereocenters. The second-order valence-corrected chi connectivity index (χ2v) is 4.77. The van der Waals surface area contributed by atoms with Crippen molar-refractivity contribution in [2.75, 3.05) is 0 Å². The van der Waals surface area contributed by atoms with Gasteiger partial charge >= 0.3 is 12.6 Å². The summed E-state index contributed by atoms with van der Waals surface area (Å²) < 4.78 is 28.2. The summed E-state index contributed by atoms with van der Waals surface area (Å²) in [6.07, 6.45) is 1.55. The molecule has 0 spiro atoms. The third kappa shape index (κ3) is 6.51. The second-order valence-electron chi connectivity index (χ2n) is 4.77. The molecule has 0 saturated heterocycles. The van der Waals surface area contributed by atoms with Gasteiger partial charge in [0.2, 0.25) is 5.91 Å². The Labute approximate surface area is 127 Å². The topological polar surface area (TPSA) is 75.6 Å². The molecule has 122 valence electrons. The van der Waals surface area contributed by atoms with Crippen LogP contribution in [0.4, 0.5) is 8.78 Å². The average molecular weight is 315 g/mol. The summed E-state index contributed by atoms with van der Waals surface area (Å²) in [4.78, 5) is 22.7. The summed E-state index contributed by atoms with van der Waals surface area (Å²) in [5, 5.41) is 11.4. The number of carboxylic acid groups (broad SMARTS) is 1. The molecule has 5 nitrogen and oxygen atoms in total. The number of alkyl halides is 2. The number of ether oxygens (including phenoxy) is 1. The van der Waals surface area contributed by atoms with Gasteiger partial charge in [-0.2, -0.15) is 8.78 Å². The highest BCUT2D eigenvalue weighted by Gasteiger charge is 2.18. The van der Waals surface area contributed by atoms with E-state index in [1.54, 1.807) is 12.1 Å². The molecule has 1 unspecified atom stereocenters. The summed E-state index contributed by atoms with van der Waals surface area (Å²) >= 11 is 0. The number of nitrogens with one attached hydrogen (secondary N) is 1. The first kappa shape index (κ1) is 17.9. The summed E-state index contributed by atoms with van der Waals surface area (Å²) in [5.41, 5.74) is 0.777. The molecule has 0 fully saturated rings. The molecule has 1 aromatic carbocycles. The minimum absolute atomic E-state index is 0.0529. The SMILES string of the molecule is CCCC(NC(=O)CCc1ccc(OC(F)F)cc1)C(=O)O. The molecule has 0 bridgehead atoms. The molecule has 0 heterocycles. The van der Waals surface area contributed by atoms with Crippen LogP contribution in [0.5, 0.6) is 5.75 Å². The van der Waals surface area contributed by atoms with Crippen molar-refractivity contribution >= 4 is 11.9 Å². The van der Waals surface area contributed by atoms with E-state index in [-0.39, 0.29) is 18.1 Å². The van der Waals surface area contributed by atoms with E-state index in [0.29, 0.717) is 19.3 Å². The van der Waals surface area contributed by atoms with Gasteiger partial charge < -0.3 is 15.2 Å². The highest BCUT2D eigenvalue weighted by atomic mass is 19.3. The van der Waals surface area contributed by atoms with Crippen LogP contribution in [-0.2, 0) is 16.0 Å². The lowest BCUT2D eigenvalue weighted by Crippen LogP contribution is -2.40. The van der Waals surface area contributed by atoms with Gasteiger partial charge in [0.1, 0.15) is 11.8 Å². The van der Waals surface area contributed by atoms with Gasteiger partial charge in [-0.15, -0.1) is 0 Å². The summed E-state index contributed by atoms with van der Waals surface area (Å²) in [6, 6.07) is 5.10. The van der Waals surface area contributed by atoms with Crippen molar-refractivity contribution in [3.63, 3.8) is 0 Å². The van der Waals surface area contributed by atoms with E-state index in [2.05, 4.69) is 10.1 Å². The fraction of sp³-hybridized carbons (Fsp3) is 0.467. The van der Waals surface area contributed by atoms with Crippen LogP contribution in [0.1, 0.15) is 31.7 Å². The molecule has 0 aliphatic heterocycles. The zero-order valence-electron chi connectivity index (χ0n) is 12.2. The third-order valence-corrected chi connectivity index (χ3v) is 3.00. The first-order chi connectivity index (χ1) is 10.4. The number of aryl methyl sites for hydroxylation is 1. The second kappa shape index (κ2) is 8.96. The number of hydrogen-bond donors (Lipinski definition) is 2. The van der Waals surface area contributed by atoms with Crippen molar-refractivity contribution in [2.24, 2.45) is 0 Å². The fourth-order valence-corrected chi connectivity index (χ4v) is 1.91. The molecule has 2 N–H and O–H groups in total. The van der Waals surface area contributed by atoms with Gasteiger partial charge in [-0.1, -0.05) is 25.5 Å². The van der Waals surface area contributed by atoms with Crippen LogP contribution in [0.3, 0.4) is 0 Å². The lowest BCUT2D eigenvalue weighted by atomic mass is 10.1. The molecule has 1 amide bonds. The lowest BCUT2D eigenvalue weighted by molar-refractivity contribution is -0.142. The van der Waals surface area contributed by atoms with Crippen molar-refractivity contribution in [3.8, 4) is 5.75 Å². The number of aliphatic carboxylic acids is 1. The van der Waals surface area contributed by atoms with Crippen LogP contribution >= 0.6 is 0 Å². The smallest absolute Gasteiger partial charge is 0.387 e. The zero-order valence-corrected chi connectivity index (χ0v) is 12.2. The summed E-state index contributed by atoms with van der Waals surface area (Å²) in [7, 11) is 0. The van der Waals surface area contributed by atoms with E-state index >= 15 is 0 Å². The maximum absolute atomic E-state index is 12.0. The number of carbonyl (C=O) groups is 2. The van der Waals surface area contributed by atoms with Crippen LogP contribution < -0.4 is 10.1 Å². The molecule has 0 aliphatic carbocycles. The van der Waals surface area contributed by atoms with Crippen molar-refractivity contribution in [2.45, 2.75) is 45.3 Å². The monoisotopic (exact) mass is 315 g/mol. The fourth-order valence-electron chi connectivity index (χ4n) is 1.91. The van der Waals surface area contributed by atoms with Crippen molar-refractivity contribution in [3.05, 3.63) is 29.8 Å². The van der Waals surface area contributed by atoms with Gasteiger partial charge in [-0.05, 0) is 30.5 Å². The van der Waals surface area contributed by atoms with E-state index in [9.17, 15) is 18.4 Å². The van der Waals surface area contributed by atoms with E-state index in [4.69, 9.17) is 5.11 Å². The molecule has 1 aromatic rings. The minimum Gasteiger partial charge on any atom is -0.480 e. The maximum Gasteiger partial charge on any atom is 0.387 e. The highest BCUT2D eigenvalue weighted by Crippen LogP contribution is 2.15. The molecular formula is C15H19F2NO4. The third-order valence-electron chi connectivity index (χ3n) is 3.00. The van der Waals surface area contributed by atoms with Gasteiger partial charge in [0.15, 0.2) is 0 Å². The standard InChI is InChI=1S/C15H19F2NO4/c1-2-3-12(14(20)21)18-13(19)9-6-10-4-7-11(8-5-10)22-15(16)17/h4-5,7-8,12,15H,2-3,6,9H2,1H3,(H,18,19)(H,20,21). The Morgan fingerprint density at radius 3 is 2.41 bits per heavy atom. The normalized spacial score (nSPS) is 12.0. The number of benzene rings is 1. The number of halogens is 2. The van der Waals surface area contributed by atoms with Crippen LogP contribution in [0.25, 0.3) is 0 Å². The Bertz CT molecular complexity index is 491. The van der Waals surface area contributed by atoms with E-state index in [0.717, 1.165) is 5.56 Å². The predicted octanol–water partition coefficient (Wildman–Crippen LogP) is 2.59. The number of amides is 1. The van der Waals surface area contributed by atoms with Crippen molar-refractivity contribution in [1.82, 2.24) is 5.32 Å². The number of hydrogen-bond acceptors (Lipinski definition) is 3. The summed E-state index contributed by atoms with van der Waals surface area (Å²) in [5.74, 6) is -1.35. The molecule has 0 radical (unpaired) electrons. The van der Waals surface area contributed by atoms with Gasteiger partial charge in [-0.25, -0.2) is 4.79 Å². The Kier molecular flexibility index (Phi) is 7.28. The van der Waals surface area contributed by atoms with E-state index in [1.807, 2.05) is 6.92 Å². The molecule has 1 rings (SSSR count). The zero-order chi connectivity index (χ0) is 16.5. The Morgan fingerprint density at radius 1 is 1.27 bits per heavy atom. The van der Waals surface area contributed by atoms with Gasteiger partial charge in [0.25, 0.3) is 0 Å². The van der Waals surface area contributed by atoms with Crippen LogP contribution in [0, 0.1) is 0 Å². The van der Waals surface area contributed by atoms with Gasteiger partial charge in [0, 0.05) is 6.42 Å². The maximum atomic E-state index is 12.0. The Morgan fingerprint density at radius 2 is 1.91 bits per heavy atom. The lowest BCUT2D eigenvalue weighted by Gasteiger charge is -2.13. The predicted molar refractivity (Wildman–Crippen MR) is 75.9 cm³/mol. The summed E-state index contributed by atoms with van der Waals surface area (Å²) in [6.45, 7) is -1.03. The van der Waals surface area contributed by atoms with Crippen molar-refractivity contribution < 1.29 is 28.2 Å². The molecular weight excluding hydrogens is 296 g/mol. The molecule has 0 saturated carbocycles. The molecule has 22 heavy (non-hydrogen) atoms. The first-order valence-corrected chi connectivity index (χ1v) is 6.98. The number of carbonyl (C=O) groups excluding carboxylic acids is 1. The number of rotatable bonds is 9. The van der Waals surface area contributed by atoms with E-state index in [1.165, 1.54) is 12.1 Å². The largest absolute Gasteiger partial charge is 0.480 e. The van der Waals surface area contributed by atoms with Gasteiger partial charge in [-0.3, -0.25) is 4.79 Å². The van der Waals surface area contributed by atoms with Crippen molar-refractivity contribution in [1.29, 1.82) is 0 Å². The van der Waals surface area contributed by atoms with Crippen LogP contribution in [0.15, 0.2) is 24.3 Å². The molecule has 0 aliphatic rings. The average Bonchev–Trinajstić information content (AvgIpc) is 2.45. The Hall–Kier alpha value is -2.18. The highest BCUT2D eigenvalue weighted by molar-refractivity contribution is 5.83. The van der Waals surface area contributed by atoms with Crippen LogP contribution in [-0.4, -0.2) is 29.6 Å². The minimum atomic E-state index is -2.87. The quantitative estimate of drug-likeness (QED) is 0.734. The van der Waals surface area contributed by atoms with Crippen LogP contribution in [0.2, 0.25) is 0 Å². The number of carboxylic acids is 1. The van der Waals surface area contributed by atoms with Gasteiger partial charge in [0.05, 0.1) is 0 Å².